The summed E-state index contributed by atoms with van der Waals surface area (Å²) in [7, 11) is 1.35. The van der Waals surface area contributed by atoms with Crippen LogP contribution in [0, 0.1) is 6.92 Å². The van der Waals surface area contributed by atoms with Gasteiger partial charge < -0.3 is 19.3 Å². The maximum atomic E-state index is 12.3. The molecule has 0 aromatic heterocycles. The van der Waals surface area contributed by atoms with Crippen LogP contribution in [0.15, 0.2) is 42.5 Å². The van der Waals surface area contributed by atoms with Gasteiger partial charge >= 0.3 is 5.97 Å². The molecule has 0 amide bonds. The number of carbonyl (C=O) groups is 1. The molecule has 0 bridgehead atoms. The van der Waals surface area contributed by atoms with Crippen LogP contribution in [0.4, 0.5) is 0 Å². The molecule has 5 heteroatoms. The van der Waals surface area contributed by atoms with Gasteiger partial charge in [0.1, 0.15) is 23.2 Å². The van der Waals surface area contributed by atoms with Crippen LogP contribution in [-0.2, 0) is 20.7 Å². The molecule has 1 N–H and O–H groups in total. The molecule has 0 radical (unpaired) electrons. The normalized spacial score (nSPS) is 19.2. The van der Waals surface area contributed by atoms with E-state index in [9.17, 15) is 9.90 Å². The van der Waals surface area contributed by atoms with Crippen molar-refractivity contribution in [1.29, 1.82) is 0 Å². The predicted molar refractivity (Wildman–Crippen MR) is 97.3 cm³/mol. The second-order valence-corrected chi connectivity index (χ2v) is 7.09. The van der Waals surface area contributed by atoms with Crippen molar-refractivity contribution < 1.29 is 24.1 Å². The van der Waals surface area contributed by atoms with Gasteiger partial charge in [-0.05, 0) is 44.0 Å². The first-order chi connectivity index (χ1) is 12.3. The molecule has 138 valence electrons. The van der Waals surface area contributed by atoms with Crippen LogP contribution < -0.4 is 4.74 Å². The van der Waals surface area contributed by atoms with E-state index in [-0.39, 0.29) is 11.9 Å². The second-order valence-electron chi connectivity index (χ2n) is 7.09. The van der Waals surface area contributed by atoms with Crippen LogP contribution in [0.1, 0.15) is 36.6 Å². The van der Waals surface area contributed by atoms with E-state index in [1.807, 2.05) is 57.2 Å². The summed E-state index contributed by atoms with van der Waals surface area (Å²) in [5.41, 5.74) is 1.70. The first-order valence-corrected chi connectivity index (χ1v) is 8.61. The van der Waals surface area contributed by atoms with Crippen molar-refractivity contribution in [1.82, 2.24) is 0 Å². The molecule has 1 heterocycles. The van der Waals surface area contributed by atoms with Gasteiger partial charge in [-0.2, -0.15) is 0 Å². The summed E-state index contributed by atoms with van der Waals surface area (Å²) < 4.78 is 17.3. The Bertz CT molecular complexity index is 798. The number of phenolic OH excluding ortho intramolecular Hbond substituents is 1. The van der Waals surface area contributed by atoms with E-state index in [1.54, 1.807) is 6.07 Å². The lowest BCUT2D eigenvalue weighted by Gasteiger charge is -2.41. The average molecular weight is 356 g/mol. The number of hydrogen-bond acceptors (Lipinski definition) is 5. The molecule has 0 aliphatic carbocycles. The Morgan fingerprint density at radius 2 is 1.96 bits per heavy atom. The highest BCUT2D eigenvalue weighted by atomic mass is 16.6. The number of carbonyl (C=O) groups excluding carboxylic acids is 1. The fourth-order valence-electron chi connectivity index (χ4n) is 3.14. The Balaban J connectivity index is 1.91. The second kappa shape index (κ2) is 7.00. The highest BCUT2D eigenvalue weighted by Gasteiger charge is 2.41. The molecule has 2 aromatic rings. The first kappa shape index (κ1) is 18.3. The third kappa shape index (κ3) is 3.53. The lowest BCUT2D eigenvalue weighted by Crippen LogP contribution is -2.49. The number of methoxy groups -OCH3 is 1. The van der Waals surface area contributed by atoms with E-state index in [1.165, 1.54) is 7.11 Å². The first-order valence-electron chi connectivity index (χ1n) is 8.61. The minimum absolute atomic E-state index is 0.221. The van der Waals surface area contributed by atoms with Crippen LogP contribution in [0.25, 0.3) is 0 Å². The molecule has 0 unspecified atom stereocenters. The fourth-order valence-corrected chi connectivity index (χ4v) is 3.14. The van der Waals surface area contributed by atoms with E-state index in [4.69, 9.17) is 14.2 Å². The van der Waals surface area contributed by atoms with Crippen molar-refractivity contribution in [3.63, 3.8) is 0 Å². The largest absolute Gasteiger partial charge is 0.508 e. The molecule has 2 aromatic carbocycles. The van der Waals surface area contributed by atoms with Gasteiger partial charge in [0.05, 0.1) is 7.11 Å². The van der Waals surface area contributed by atoms with Gasteiger partial charge in [-0.15, -0.1) is 0 Å². The Morgan fingerprint density at radius 3 is 2.62 bits per heavy atom. The van der Waals surface area contributed by atoms with Crippen LogP contribution in [-0.4, -0.2) is 29.9 Å². The Morgan fingerprint density at radius 1 is 1.27 bits per heavy atom. The summed E-state index contributed by atoms with van der Waals surface area (Å²) in [5, 5.41) is 10.0. The zero-order valence-electron chi connectivity index (χ0n) is 15.5. The molecule has 0 spiro atoms. The monoisotopic (exact) mass is 356 g/mol. The number of esters is 1. The van der Waals surface area contributed by atoms with Crippen molar-refractivity contribution in [2.45, 2.75) is 45.0 Å². The molecular weight excluding hydrogens is 332 g/mol. The molecule has 3 rings (SSSR count). The third-order valence-electron chi connectivity index (χ3n) is 4.75. The smallest absolute Gasteiger partial charge is 0.339 e. The van der Waals surface area contributed by atoms with Crippen molar-refractivity contribution >= 4 is 5.97 Å². The lowest BCUT2D eigenvalue weighted by atomic mass is 9.89. The molecule has 0 saturated carbocycles. The summed E-state index contributed by atoms with van der Waals surface area (Å²) in [4.78, 5) is 12.3. The molecule has 0 saturated heterocycles. The topological polar surface area (TPSA) is 65.0 Å². The van der Waals surface area contributed by atoms with Gasteiger partial charge in [-0.25, -0.2) is 4.79 Å². The molecule has 2 atom stereocenters. The molecular formula is C21H24O5. The van der Waals surface area contributed by atoms with E-state index >= 15 is 0 Å². The minimum atomic E-state index is -0.838. The number of hydrogen-bond donors (Lipinski definition) is 1. The molecule has 26 heavy (non-hydrogen) atoms. The molecule has 0 fully saturated rings. The number of phenols is 1. The van der Waals surface area contributed by atoms with Crippen LogP contribution >= 0.6 is 0 Å². The SMILES string of the molecule is COC(=O)[C@H](O[C@@H]1Cc2cc(O)c(C)cc2OC1(C)C)c1ccccc1. The summed E-state index contributed by atoms with van der Waals surface area (Å²) in [6.07, 6.45) is -0.702. The Labute approximate surface area is 153 Å². The van der Waals surface area contributed by atoms with Gasteiger partial charge in [0.2, 0.25) is 0 Å². The van der Waals surface area contributed by atoms with E-state index in [2.05, 4.69) is 0 Å². The van der Waals surface area contributed by atoms with Crippen molar-refractivity contribution in [2.24, 2.45) is 0 Å². The maximum Gasteiger partial charge on any atom is 0.339 e. The molecule has 5 nitrogen and oxygen atoms in total. The van der Waals surface area contributed by atoms with Crippen molar-refractivity contribution in [3.8, 4) is 11.5 Å². The number of benzene rings is 2. The summed E-state index contributed by atoms with van der Waals surface area (Å²) >= 11 is 0. The van der Waals surface area contributed by atoms with Crippen molar-refractivity contribution in [2.75, 3.05) is 7.11 Å². The standard InChI is InChI=1S/C21H24O5/c1-13-10-17-15(11-16(13)22)12-18(21(2,3)26-17)25-19(20(23)24-4)14-8-6-5-7-9-14/h5-11,18-19,22H,12H2,1-4H3/t18-,19-/m1/s1. The summed E-state index contributed by atoms with van der Waals surface area (Å²) in [6.45, 7) is 5.70. The lowest BCUT2D eigenvalue weighted by molar-refractivity contribution is -0.169. The van der Waals surface area contributed by atoms with Crippen LogP contribution in [0.5, 0.6) is 11.5 Å². The minimum Gasteiger partial charge on any atom is -0.508 e. The van der Waals surface area contributed by atoms with Gasteiger partial charge in [-0.1, -0.05) is 30.3 Å². The van der Waals surface area contributed by atoms with Crippen molar-refractivity contribution in [3.05, 3.63) is 59.2 Å². The Kier molecular flexibility index (Phi) is 4.92. The molecule has 1 aliphatic heterocycles. The van der Waals surface area contributed by atoms with Gasteiger partial charge in [-0.3, -0.25) is 0 Å². The quantitative estimate of drug-likeness (QED) is 0.846. The zero-order valence-corrected chi connectivity index (χ0v) is 15.5. The Hall–Kier alpha value is -2.53. The van der Waals surface area contributed by atoms with E-state index in [0.29, 0.717) is 6.42 Å². The van der Waals surface area contributed by atoms with Crippen LogP contribution in [0.2, 0.25) is 0 Å². The summed E-state index contributed by atoms with van der Waals surface area (Å²) in [5.74, 6) is 0.502. The number of fused-ring (bicyclic) bond motifs is 1. The third-order valence-corrected chi connectivity index (χ3v) is 4.75. The maximum absolute atomic E-state index is 12.3. The van der Waals surface area contributed by atoms with Crippen LogP contribution in [0.3, 0.4) is 0 Å². The fraction of sp³-hybridized carbons (Fsp3) is 0.381. The van der Waals surface area contributed by atoms with Gasteiger partial charge in [0.15, 0.2) is 6.10 Å². The number of rotatable bonds is 4. The van der Waals surface area contributed by atoms with Gasteiger partial charge in [0, 0.05) is 12.0 Å². The highest BCUT2D eigenvalue weighted by Crippen LogP contribution is 2.39. The van der Waals surface area contributed by atoms with E-state index < -0.39 is 17.7 Å². The number of aromatic hydroxyl groups is 1. The highest BCUT2D eigenvalue weighted by molar-refractivity contribution is 5.76. The summed E-state index contributed by atoms with van der Waals surface area (Å²) in [6, 6.07) is 12.8. The van der Waals surface area contributed by atoms with E-state index in [0.717, 1.165) is 22.4 Å². The average Bonchev–Trinajstić information content (AvgIpc) is 2.61. The van der Waals surface area contributed by atoms with Gasteiger partial charge in [0.25, 0.3) is 0 Å². The predicted octanol–water partition coefficient (Wildman–Crippen LogP) is 3.71. The molecule has 1 aliphatic rings. The number of aryl methyl sites for hydroxylation is 1. The zero-order chi connectivity index (χ0) is 18.9. The number of ether oxygens (including phenoxy) is 3.